The SMILES string of the molecule is CC1(C)c2ccccc2-c2cc3c(cc21)c1cc(-c2ccc4c(c2)C2CC=CC=C2N4c2ccc4ccccc4c2)ccc1n3-c1cccc(-c2ccccc2)c1. The molecule has 1 atom stereocenters. The first-order valence-electron chi connectivity index (χ1n) is 20.2. The summed E-state index contributed by atoms with van der Waals surface area (Å²) in [5.41, 5.74) is 19.2. The topological polar surface area (TPSA) is 8.17 Å². The molecule has 12 rings (SSSR count). The van der Waals surface area contributed by atoms with Crippen molar-refractivity contribution < 1.29 is 0 Å². The molecule has 9 aromatic rings. The fourth-order valence-corrected chi connectivity index (χ4v) is 10.2. The van der Waals surface area contributed by atoms with E-state index in [0.29, 0.717) is 5.92 Å². The van der Waals surface area contributed by atoms with Crippen molar-refractivity contribution in [1.29, 1.82) is 0 Å². The number of fused-ring (bicyclic) bond motifs is 10. The minimum Gasteiger partial charge on any atom is -0.313 e. The molecule has 0 spiro atoms. The molecule has 0 saturated heterocycles. The van der Waals surface area contributed by atoms with Gasteiger partial charge < -0.3 is 9.47 Å². The monoisotopic (exact) mass is 728 g/mol. The Labute approximate surface area is 333 Å². The average Bonchev–Trinajstić information content (AvgIpc) is 3.85. The van der Waals surface area contributed by atoms with E-state index < -0.39 is 0 Å². The summed E-state index contributed by atoms with van der Waals surface area (Å²) in [6, 6.07) is 63.5. The van der Waals surface area contributed by atoms with Crippen molar-refractivity contribution in [2.45, 2.75) is 31.6 Å². The van der Waals surface area contributed by atoms with Crippen LogP contribution in [0.1, 0.15) is 42.9 Å². The maximum Gasteiger partial charge on any atom is 0.0547 e. The quantitative estimate of drug-likeness (QED) is 0.175. The number of benzene rings is 8. The molecule has 3 aliphatic rings. The second kappa shape index (κ2) is 12.0. The molecule has 8 aromatic carbocycles. The highest BCUT2D eigenvalue weighted by Gasteiger charge is 2.37. The van der Waals surface area contributed by atoms with Crippen LogP contribution >= 0.6 is 0 Å². The van der Waals surface area contributed by atoms with Gasteiger partial charge in [0.1, 0.15) is 0 Å². The van der Waals surface area contributed by atoms with Crippen molar-refractivity contribution in [3.8, 4) is 39.1 Å². The van der Waals surface area contributed by atoms with Crippen molar-refractivity contribution in [2.75, 3.05) is 4.90 Å². The standard InChI is InChI=1S/C55H40N2/c1-55(2)49-21-10-8-19-43(49)45-34-54-48(33-50(45)55)47-32-40(25-28-53(47)57(54)41-18-12-17-38(29-41)35-13-4-3-5-14-35)39-24-27-52-46(31-39)44-20-9-11-22-51(44)56(52)42-26-23-36-15-6-7-16-37(36)30-42/h3-19,21-34,44H,20H2,1-2H3. The molecule has 2 aliphatic carbocycles. The highest BCUT2D eigenvalue weighted by Crippen LogP contribution is 2.53. The van der Waals surface area contributed by atoms with Crippen LogP contribution in [-0.4, -0.2) is 4.57 Å². The number of rotatable bonds is 4. The van der Waals surface area contributed by atoms with Gasteiger partial charge in [-0.1, -0.05) is 135 Å². The molecule has 0 N–H and O–H groups in total. The van der Waals surface area contributed by atoms with Crippen molar-refractivity contribution in [3.63, 3.8) is 0 Å². The zero-order valence-corrected chi connectivity index (χ0v) is 32.1. The van der Waals surface area contributed by atoms with Gasteiger partial charge in [-0.15, -0.1) is 0 Å². The third kappa shape index (κ3) is 4.77. The van der Waals surface area contributed by atoms with Crippen molar-refractivity contribution in [2.24, 2.45) is 0 Å². The minimum absolute atomic E-state index is 0.0874. The van der Waals surface area contributed by atoms with E-state index in [9.17, 15) is 0 Å². The summed E-state index contributed by atoms with van der Waals surface area (Å²) < 4.78 is 2.49. The van der Waals surface area contributed by atoms with Gasteiger partial charge in [0.25, 0.3) is 0 Å². The van der Waals surface area contributed by atoms with Gasteiger partial charge in [0, 0.05) is 44.9 Å². The molecule has 0 bridgehead atoms. The van der Waals surface area contributed by atoms with E-state index in [1.807, 2.05) is 0 Å². The molecule has 0 fully saturated rings. The predicted octanol–water partition coefficient (Wildman–Crippen LogP) is 14.7. The number of anilines is 2. The van der Waals surface area contributed by atoms with Crippen LogP contribution in [0.15, 0.2) is 194 Å². The molecule has 1 aliphatic heterocycles. The fraction of sp³-hybridized carbons (Fsp3) is 0.0909. The highest BCUT2D eigenvalue weighted by molar-refractivity contribution is 6.12. The Hall–Kier alpha value is -6.90. The van der Waals surface area contributed by atoms with E-state index >= 15 is 0 Å². The third-order valence-electron chi connectivity index (χ3n) is 13.0. The van der Waals surface area contributed by atoms with Crippen molar-refractivity contribution in [3.05, 3.63) is 210 Å². The zero-order chi connectivity index (χ0) is 37.8. The van der Waals surface area contributed by atoms with E-state index in [-0.39, 0.29) is 5.41 Å². The summed E-state index contributed by atoms with van der Waals surface area (Å²) in [6.45, 7) is 4.76. The molecule has 270 valence electrons. The lowest BCUT2D eigenvalue weighted by Crippen LogP contribution is -2.14. The Kier molecular flexibility index (Phi) is 6.84. The summed E-state index contributed by atoms with van der Waals surface area (Å²) in [4.78, 5) is 2.49. The maximum atomic E-state index is 2.50. The number of nitrogens with zero attached hydrogens (tertiary/aromatic N) is 2. The van der Waals surface area contributed by atoms with Gasteiger partial charge in [0.2, 0.25) is 0 Å². The number of allylic oxidation sites excluding steroid dienone is 4. The maximum absolute atomic E-state index is 2.50. The third-order valence-corrected chi connectivity index (χ3v) is 13.0. The molecule has 0 amide bonds. The molecule has 2 nitrogen and oxygen atoms in total. The molecule has 2 heteroatoms. The largest absolute Gasteiger partial charge is 0.313 e. The van der Waals surface area contributed by atoms with Crippen LogP contribution in [0.3, 0.4) is 0 Å². The Bertz CT molecular complexity index is 3190. The van der Waals surface area contributed by atoms with Crippen LogP contribution < -0.4 is 4.90 Å². The Balaban J connectivity index is 1.04. The molecule has 0 saturated carbocycles. The average molecular weight is 729 g/mol. The smallest absolute Gasteiger partial charge is 0.0547 e. The summed E-state index contributed by atoms with van der Waals surface area (Å²) in [6.07, 6.45) is 7.86. The second-order valence-electron chi connectivity index (χ2n) is 16.5. The lowest BCUT2D eigenvalue weighted by atomic mass is 9.82. The normalized spacial score (nSPS) is 16.1. The molecule has 1 unspecified atom stereocenters. The van der Waals surface area contributed by atoms with E-state index in [0.717, 1.165) is 6.42 Å². The highest BCUT2D eigenvalue weighted by atomic mass is 15.2. The van der Waals surface area contributed by atoms with Crippen LogP contribution in [0.4, 0.5) is 11.4 Å². The van der Waals surface area contributed by atoms with Crippen LogP contribution in [0.25, 0.3) is 71.6 Å². The van der Waals surface area contributed by atoms with Gasteiger partial charge in [-0.05, 0) is 134 Å². The first-order chi connectivity index (χ1) is 28.0. The van der Waals surface area contributed by atoms with E-state index in [1.54, 1.807) is 0 Å². The summed E-state index contributed by atoms with van der Waals surface area (Å²) in [5, 5.41) is 5.11. The number of aromatic nitrogens is 1. The van der Waals surface area contributed by atoms with Crippen LogP contribution in [0.5, 0.6) is 0 Å². The number of hydrogen-bond donors (Lipinski definition) is 0. The minimum atomic E-state index is -0.0874. The molecule has 1 aromatic heterocycles. The lowest BCUT2D eigenvalue weighted by molar-refractivity contribution is 0.661. The molecular formula is C55H40N2. The van der Waals surface area contributed by atoms with Gasteiger partial charge in [0.05, 0.1) is 11.0 Å². The summed E-state index contributed by atoms with van der Waals surface area (Å²) in [5.74, 6) is 0.324. The van der Waals surface area contributed by atoms with Crippen molar-refractivity contribution >= 4 is 44.0 Å². The van der Waals surface area contributed by atoms with Crippen molar-refractivity contribution in [1.82, 2.24) is 4.57 Å². The van der Waals surface area contributed by atoms with Gasteiger partial charge >= 0.3 is 0 Å². The van der Waals surface area contributed by atoms with Gasteiger partial charge in [0.15, 0.2) is 0 Å². The fourth-order valence-electron chi connectivity index (χ4n) is 10.2. The Morgan fingerprint density at radius 2 is 1.26 bits per heavy atom. The number of hydrogen-bond acceptors (Lipinski definition) is 1. The first kappa shape index (κ1) is 32.4. The molecule has 2 heterocycles. The van der Waals surface area contributed by atoms with Crippen LogP contribution in [0, 0.1) is 0 Å². The molecule has 0 radical (unpaired) electrons. The van der Waals surface area contributed by atoms with Gasteiger partial charge in [-0.25, -0.2) is 0 Å². The van der Waals surface area contributed by atoms with E-state index in [1.165, 1.54) is 105 Å². The summed E-state index contributed by atoms with van der Waals surface area (Å²) in [7, 11) is 0. The van der Waals surface area contributed by atoms with Gasteiger partial charge in [-0.3, -0.25) is 0 Å². The van der Waals surface area contributed by atoms with Gasteiger partial charge in [-0.2, -0.15) is 0 Å². The van der Waals surface area contributed by atoms with Crippen LogP contribution in [-0.2, 0) is 5.41 Å². The molecular weight excluding hydrogens is 689 g/mol. The Morgan fingerprint density at radius 3 is 2.18 bits per heavy atom. The zero-order valence-electron chi connectivity index (χ0n) is 32.1. The second-order valence-corrected chi connectivity index (χ2v) is 16.5. The lowest BCUT2D eigenvalue weighted by Gasteiger charge is -2.25. The van der Waals surface area contributed by atoms with E-state index in [2.05, 4.69) is 211 Å². The predicted molar refractivity (Wildman–Crippen MR) is 240 cm³/mol. The molecule has 57 heavy (non-hydrogen) atoms. The van der Waals surface area contributed by atoms with Crippen LogP contribution in [0.2, 0.25) is 0 Å². The summed E-state index contributed by atoms with van der Waals surface area (Å²) >= 11 is 0. The van der Waals surface area contributed by atoms with E-state index in [4.69, 9.17) is 0 Å². The first-order valence-corrected chi connectivity index (χ1v) is 20.2. The Morgan fingerprint density at radius 1 is 0.509 bits per heavy atom.